The van der Waals surface area contributed by atoms with Crippen LogP contribution in [0.15, 0.2) is 6.07 Å². The van der Waals surface area contributed by atoms with Gasteiger partial charge < -0.3 is 5.32 Å². The molecule has 0 radical (unpaired) electrons. The van der Waals surface area contributed by atoms with E-state index in [0.717, 1.165) is 18.5 Å². The standard InChI is InChI=1S/C17H27NS/c1-12-7-14(10-17(2,3)9-12)18-11-15-8-13-5-4-6-16(13)19-15/h8,12,14,18H,4-7,9-11H2,1-3H3. The van der Waals surface area contributed by atoms with E-state index < -0.39 is 0 Å². The van der Waals surface area contributed by atoms with Crippen molar-refractivity contribution in [1.29, 1.82) is 0 Å². The molecule has 0 spiro atoms. The third-order valence-corrected chi connectivity index (χ3v) is 5.99. The molecule has 2 aliphatic rings. The Kier molecular flexibility index (Phi) is 3.74. The van der Waals surface area contributed by atoms with Gasteiger partial charge in [0.1, 0.15) is 0 Å². The normalized spacial score (nSPS) is 29.4. The van der Waals surface area contributed by atoms with Crippen LogP contribution < -0.4 is 5.32 Å². The Hall–Kier alpha value is -0.340. The lowest BCUT2D eigenvalue weighted by Crippen LogP contribution is -2.39. The van der Waals surface area contributed by atoms with E-state index in [9.17, 15) is 0 Å². The third kappa shape index (κ3) is 3.22. The van der Waals surface area contributed by atoms with E-state index >= 15 is 0 Å². The lowest BCUT2D eigenvalue weighted by atomic mass is 9.70. The first-order chi connectivity index (χ1) is 9.02. The molecule has 1 fully saturated rings. The number of nitrogens with one attached hydrogen (secondary N) is 1. The van der Waals surface area contributed by atoms with Crippen molar-refractivity contribution in [3.05, 3.63) is 21.4 Å². The highest BCUT2D eigenvalue weighted by atomic mass is 32.1. The smallest absolute Gasteiger partial charge is 0.0302 e. The second-order valence-electron chi connectivity index (χ2n) is 7.51. The van der Waals surface area contributed by atoms with Gasteiger partial charge in [-0.15, -0.1) is 11.3 Å². The Balaban J connectivity index is 1.56. The monoisotopic (exact) mass is 277 g/mol. The molecule has 0 aromatic carbocycles. The fourth-order valence-corrected chi connectivity index (χ4v) is 5.44. The van der Waals surface area contributed by atoms with Gasteiger partial charge in [-0.1, -0.05) is 20.8 Å². The van der Waals surface area contributed by atoms with Gasteiger partial charge in [-0.3, -0.25) is 0 Å². The molecule has 2 unspecified atom stereocenters. The second-order valence-corrected chi connectivity index (χ2v) is 8.73. The molecule has 1 N–H and O–H groups in total. The number of hydrogen-bond donors (Lipinski definition) is 1. The van der Waals surface area contributed by atoms with Gasteiger partial charge in [-0.05, 0) is 61.5 Å². The fourth-order valence-electron chi connectivity index (χ4n) is 4.22. The molecule has 1 aromatic rings. The molecule has 0 amide bonds. The van der Waals surface area contributed by atoms with Crippen LogP contribution in [0.2, 0.25) is 0 Å². The van der Waals surface area contributed by atoms with Gasteiger partial charge in [-0.2, -0.15) is 0 Å². The van der Waals surface area contributed by atoms with Gasteiger partial charge in [0.25, 0.3) is 0 Å². The minimum atomic E-state index is 0.520. The van der Waals surface area contributed by atoms with Crippen molar-refractivity contribution in [2.45, 2.75) is 71.9 Å². The minimum Gasteiger partial charge on any atom is -0.309 e. The summed E-state index contributed by atoms with van der Waals surface area (Å²) < 4.78 is 0. The maximum absolute atomic E-state index is 3.82. The van der Waals surface area contributed by atoms with Gasteiger partial charge >= 0.3 is 0 Å². The highest BCUT2D eigenvalue weighted by Crippen LogP contribution is 2.38. The van der Waals surface area contributed by atoms with E-state index in [1.54, 1.807) is 15.3 Å². The van der Waals surface area contributed by atoms with Gasteiger partial charge in [0.15, 0.2) is 0 Å². The Morgan fingerprint density at radius 3 is 2.89 bits per heavy atom. The zero-order valence-electron chi connectivity index (χ0n) is 12.6. The first-order valence-electron chi connectivity index (χ1n) is 7.86. The van der Waals surface area contributed by atoms with Gasteiger partial charge in [0, 0.05) is 22.3 Å². The van der Waals surface area contributed by atoms with Crippen molar-refractivity contribution in [1.82, 2.24) is 5.32 Å². The summed E-state index contributed by atoms with van der Waals surface area (Å²) in [5.41, 5.74) is 2.16. The second kappa shape index (κ2) is 5.21. The van der Waals surface area contributed by atoms with E-state index in [1.807, 2.05) is 11.3 Å². The van der Waals surface area contributed by atoms with Crippen molar-refractivity contribution >= 4 is 11.3 Å². The summed E-state index contributed by atoms with van der Waals surface area (Å²) in [6.45, 7) is 8.36. The van der Waals surface area contributed by atoms with Crippen LogP contribution in [0.4, 0.5) is 0 Å². The van der Waals surface area contributed by atoms with Gasteiger partial charge in [-0.25, -0.2) is 0 Å². The first-order valence-corrected chi connectivity index (χ1v) is 8.67. The summed E-state index contributed by atoms with van der Waals surface area (Å²) in [5, 5.41) is 3.82. The SMILES string of the molecule is CC1CC(NCc2cc3c(s2)CCC3)CC(C)(C)C1. The summed E-state index contributed by atoms with van der Waals surface area (Å²) in [5.74, 6) is 0.870. The van der Waals surface area contributed by atoms with Crippen LogP contribution in [0.3, 0.4) is 0 Å². The van der Waals surface area contributed by atoms with E-state index in [4.69, 9.17) is 0 Å². The predicted molar refractivity (Wildman–Crippen MR) is 83.8 cm³/mol. The van der Waals surface area contributed by atoms with Crippen LogP contribution in [0.25, 0.3) is 0 Å². The third-order valence-electron chi connectivity index (χ3n) is 4.75. The average molecular weight is 277 g/mol. The van der Waals surface area contributed by atoms with Crippen LogP contribution in [-0.4, -0.2) is 6.04 Å². The minimum absolute atomic E-state index is 0.520. The van der Waals surface area contributed by atoms with Gasteiger partial charge in [0.2, 0.25) is 0 Å². The van der Waals surface area contributed by atoms with Crippen LogP contribution in [-0.2, 0) is 19.4 Å². The number of aryl methyl sites for hydroxylation is 2. The molecule has 1 aromatic heterocycles. The van der Waals surface area contributed by atoms with Crippen molar-refractivity contribution in [2.75, 3.05) is 0 Å². The maximum Gasteiger partial charge on any atom is 0.0302 e. The molecule has 1 saturated carbocycles. The summed E-state index contributed by atoms with van der Waals surface area (Å²) >= 11 is 2.05. The molecule has 3 rings (SSSR count). The number of rotatable bonds is 3. The van der Waals surface area contributed by atoms with E-state index in [-0.39, 0.29) is 0 Å². The largest absolute Gasteiger partial charge is 0.309 e. The Morgan fingerprint density at radius 2 is 2.16 bits per heavy atom. The first kappa shape index (κ1) is 13.6. The lowest BCUT2D eigenvalue weighted by Gasteiger charge is -2.39. The number of fused-ring (bicyclic) bond motifs is 1. The highest BCUT2D eigenvalue weighted by Gasteiger charge is 2.31. The van der Waals surface area contributed by atoms with Gasteiger partial charge in [0.05, 0.1) is 0 Å². The van der Waals surface area contributed by atoms with E-state index in [2.05, 4.69) is 32.2 Å². The number of hydrogen-bond acceptors (Lipinski definition) is 2. The van der Waals surface area contributed by atoms with Crippen LogP contribution >= 0.6 is 11.3 Å². The molecule has 1 heterocycles. The lowest BCUT2D eigenvalue weighted by molar-refractivity contribution is 0.151. The van der Waals surface area contributed by atoms with E-state index in [1.165, 1.54) is 38.5 Å². The Morgan fingerprint density at radius 1 is 1.32 bits per heavy atom. The van der Waals surface area contributed by atoms with Crippen LogP contribution in [0.1, 0.15) is 61.8 Å². The molecule has 2 atom stereocenters. The van der Waals surface area contributed by atoms with E-state index in [0.29, 0.717) is 5.41 Å². The zero-order chi connectivity index (χ0) is 13.5. The Labute approximate surface area is 121 Å². The molecule has 1 nitrogen and oxygen atoms in total. The van der Waals surface area contributed by atoms with Crippen molar-refractivity contribution in [3.8, 4) is 0 Å². The van der Waals surface area contributed by atoms with Crippen molar-refractivity contribution in [2.24, 2.45) is 11.3 Å². The maximum atomic E-state index is 3.82. The summed E-state index contributed by atoms with van der Waals surface area (Å²) in [7, 11) is 0. The molecule has 0 saturated heterocycles. The predicted octanol–water partition coefficient (Wildman–Crippen LogP) is 4.54. The summed E-state index contributed by atoms with van der Waals surface area (Å²) in [6, 6.07) is 3.17. The molecule has 2 aliphatic carbocycles. The highest BCUT2D eigenvalue weighted by molar-refractivity contribution is 7.12. The number of thiophene rings is 1. The summed E-state index contributed by atoms with van der Waals surface area (Å²) in [4.78, 5) is 3.22. The van der Waals surface area contributed by atoms with Crippen molar-refractivity contribution < 1.29 is 0 Å². The molecule has 2 heteroatoms. The topological polar surface area (TPSA) is 12.0 Å². The Bertz CT molecular complexity index is 425. The molecular formula is C17H27NS. The average Bonchev–Trinajstić information content (AvgIpc) is 2.83. The van der Waals surface area contributed by atoms with Crippen molar-refractivity contribution in [3.63, 3.8) is 0 Å². The van der Waals surface area contributed by atoms with Crippen LogP contribution in [0, 0.1) is 11.3 Å². The molecule has 0 aliphatic heterocycles. The summed E-state index contributed by atoms with van der Waals surface area (Å²) in [6.07, 6.45) is 8.10. The van der Waals surface area contributed by atoms with Crippen LogP contribution in [0.5, 0.6) is 0 Å². The fraction of sp³-hybridized carbons (Fsp3) is 0.765. The molecule has 19 heavy (non-hydrogen) atoms. The zero-order valence-corrected chi connectivity index (χ0v) is 13.4. The molecule has 0 bridgehead atoms. The molecule has 106 valence electrons. The quantitative estimate of drug-likeness (QED) is 0.855. The molecular weight excluding hydrogens is 250 g/mol.